The number of para-hydroxylation sites is 1. The third-order valence-electron chi connectivity index (χ3n) is 4.61. The van der Waals surface area contributed by atoms with Gasteiger partial charge in [0.25, 0.3) is 0 Å². The first-order valence-electron chi connectivity index (χ1n) is 9.16. The maximum Gasteiger partial charge on any atom is 0.225 e. The molecule has 8 heteroatoms. The summed E-state index contributed by atoms with van der Waals surface area (Å²) in [6, 6.07) is 13.7. The lowest BCUT2D eigenvalue weighted by atomic mass is 10.1. The number of carbonyl (C=O) groups excluding carboxylic acids is 1. The van der Waals surface area contributed by atoms with Crippen LogP contribution in [0.2, 0.25) is 0 Å². The molecule has 3 rings (SSSR count). The van der Waals surface area contributed by atoms with Gasteiger partial charge in [0.2, 0.25) is 5.91 Å². The van der Waals surface area contributed by atoms with Crippen molar-refractivity contribution < 1.29 is 19.1 Å². The molecule has 0 saturated carbocycles. The van der Waals surface area contributed by atoms with Gasteiger partial charge in [0, 0.05) is 31.0 Å². The summed E-state index contributed by atoms with van der Waals surface area (Å²) in [5, 5.41) is 1.57. The predicted molar refractivity (Wildman–Crippen MR) is 118 cm³/mol. The van der Waals surface area contributed by atoms with Gasteiger partial charge >= 0.3 is 0 Å². The van der Waals surface area contributed by atoms with Gasteiger partial charge in [0.15, 0.2) is 0 Å². The maximum atomic E-state index is 12.4. The molecule has 2 aromatic rings. The predicted octanol–water partition coefficient (Wildman–Crippen LogP) is 4.54. The summed E-state index contributed by atoms with van der Waals surface area (Å²) in [5.74, 6) is 1.50. The van der Waals surface area contributed by atoms with Crippen LogP contribution in [0, 0.1) is 0 Å². The number of hydroxylamine groups is 2. The molecule has 1 atom stereocenters. The highest BCUT2D eigenvalue weighted by Gasteiger charge is 2.35. The molecule has 1 aliphatic heterocycles. The van der Waals surface area contributed by atoms with Crippen molar-refractivity contribution >= 4 is 35.8 Å². The molecule has 1 aliphatic rings. The van der Waals surface area contributed by atoms with Crippen LogP contribution >= 0.6 is 24.2 Å². The van der Waals surface area contributed by atoms with Gasteiger partial charge in [-0.25, -0.2) is 0 Å². The molecule has 1 heterocycles. The molecule has 0 N–H and O–H groups in total. The number of thioether (sulfide) groups is 1. The van der Waals surface area contributed by atoms with Crippen molar-refractivity contribution in [1.82, 2.24) is 5.06 Å². The van der Waals surface area contributed by atoms with Gasteiger partial charge in [0.05, 0.1) is 26.5 Å². The number of ether oxygens (including phenoxy) is 2. The highest BCUT2D eigenvalue weighted by atomic mass is 35.5. The van der Waals surface area contributed by atoms with Gasteiger partial charge < -0.3 is 14.3 Å². The van der Waals surface area contributed by atoms with E-state index in [-0.39, 0.29) is 23.7 Å². The van der Waals surface area contributed by atoms with Crippen LogP contribution in [0.25, 0.3) is 0 Å². The van der Waals surface area contributed by atoms with E-state index >= 15 is 0 Å². The van der Waals surface area contributed by atoms with E-state index in [1.54, 1.807) is 38.0 Å². The van der Waals surface area contributed by atoms with Gasteiger partial charge in [-0.05, 0) is 36.8 Å². The summed E-state index contributed by atoms with van der Waals surface area (Å²) in [7, 11) is 5.17. The van der Waals surface area contributed by atoms with Crippen molar-refractivity contribution in [2.45, 2.75) is 23.6 Å². The van der Waals surface area contributed by atoms with Crippen molar-refractivity contribution in [2.75, 3.05) is 39.3 Å². The van der Waals surface area contributed by atoms with Crippen LogP contribution in [-0.4, -0.2) is 45.4 Å². The van der Waals surface area contributed by atoms with Gasteiger partial charge in [0.1, 0.15) is 16.9 Å². The van der Waals surface area contributed by atoms with E-state index in [0.717, 1.165) is 40.6 Å². The number of benzene rings is 2. The fourth-order valence-corrected chi connectivity index (χ4v) is 4.49. The second kappa shape index (κ2) is 10.7. The SMILES string of the molecule is COc1ccc(OCCCN(C)OC)c(C2Sc3ccccc3N2C(C)=O)c1.Cl. The third kappa shape index (κ3) is 5.36. The summed E-state index contributed by atoms with van der Waals surface area (Å²) in [6.45, 7) is 2.92. The molecule has 0 radical (unpaired) electrons. The zero-order chi connectivity index (χ0) is 20.1. The van der Waals surface area contributed by atoms with Gasteiger partial charge in [-0.15, -0.1) is 12.4 Å². The minimum atomic E-state index is -0.193. The van der Waals surface area contributed by atoms with Crippen LogP contribution in [0.4, 0.5) is 5.69 Å². The highest BCUT2D eigenvalue weighted by molar-refractivity contribution is 8.00. The van der Waals surface area contributed by atoms with Crippen LogP contribution in [0.1, 0.15) is 24.3 Å². The first kappa shape index (κ1) is 23.3. The Labute approximate surface area is 182 Å². The van der Waals surface area contributed by atoms with Gasteiger partial charge in [-0.1, -0.05) is 23.9 Å². The van der Waals surface area contributed by atoms with Crippen LogP contribution < -0.4 is 14.4 Å². The first-order valence-corrected chi connectivity index (χ1v) is 10.0. The molecule has 158 valence electrons. The number of rotatable bonds is 8. The molecular weight excluding hydrogens is 412 g/mol. The van der Waals surface area contributed by atoms with E-state index in [0.29, 0.717) is 6.61 Å². The van der Waals surface area contributed by atoms with Crippen LogP contribution in [0.15, 0.2) is 47.4 Å². The molecule has 2 aromatic carbocycles. The number of nitrogens with zero attached hydrogens (tertiary/aromatic N) is 2. The molecule has 0 bridgehead atoms. The Morgan fingerprint density at radius 2 is 1.97 bits per heavy atom. The molecule has 1 amide bonds. The first-order chi connectivity index (χ1) is 13.5. The number of amides is 1. The zero-order valence-electron chi connectivity index (χ0n) is 17.1. The van der Waals surface area contributed by atoms with Crippen LogP contribution in [0.5, 0.6) is 11.5 Å². The van der Waals surface area contributed by atoms with Crippen molar-refractivity contribution in [3.8, 4) is 11.5 Å². The molecule has 29 heavy (non-hydrogen) atoms. The Balaban J connectivity index is 0.00000300. The summed E-state index contributed by atoms with van der Waals surface area (Å²) in [4.78, 5) is 20.5. The largest absolute Gasteiger partial charge is 0.497 e. The quantitative estimate of drug-likeness (QED) is 0.445. The Morgan fingerprint density at radius 3 is 2.66 bits per heavy atom. The average molecular weight is 439 g/mol. The van der Waals surface area contributed by atoms with E-state index in [4.69, 9.17) is 14.3 Å². The fraction of sp³-hybridized carbons (Fsp3) is 0.381. The smallest absolute Gasteiger partial charge is 0.225 e. The second-order valence-electron chi connectivity index (χ2n) is 6.47. The van der Waals surface area contributed by atoms with Crippen molar-refractivity contribution in [3.05, 3.63) is 48.0 Å². The van der Waals surface area contributed by atoms with Crippen molar-refractivity contribution in [1.29, 1.82) is 0 Å². The fourth-order valence-electron chi connectivity index (χ4n) is 3.13. The van der Waals surface area contributed by atoms with Crippen molar-refractivity contribution in [2.24, 2.45) is 0 Å². The number of anilines is 1. The number of methoxy groups -OCH3 is 1. The van der Waals surface area contributed by atoms with E-state index in [9.17, 15) is 4.79 Å². The summed E-state index contributed by atoms with van der Waals surface area (Å²) >= 11 is 1.65. The Kier molecular flexibility index (Phi) is 8.64. The topological polar surface area (TPSA) is 51.2 Å². The molecule has 0 spiro atoms. The molecule has 0 aliphatic carbocycles. The summed E-state index contributed by atoms with van der Waals surface area (Å²) < 4.78 is 11.5. The van der Waals surface area contributed by atoms with Crippen LogP contribution in [0.3, 0.4) is 0 Å². The molecule has 0 saturated heterocycles. The number of carbonyl (C=O) groups is 1. The van der Waals surface area contributed by atoms with Gasteiger partial charge in [-0.2, -0.15) is 5.06 Å². The maximum absolute atomic E-state index is 12.4. The lowest BCUT2D eigenvalue weighted by Crippen LogP contribution is -2.28. The summed E-state index contributed by atoms with van der Waals surface area (Å²) in [6.07, 6.45) is 0.824. The zero-order valence-corrected chi connectivity index (χ0v) is 18.7. The number of fused-ring (bicyclic) bond motifs is 1. The Morgan fingerprint density at radius 1 is 1.21 bits per heavy atom. The van der Waals surface area contributed by atoms with Crippen molar-refractivity contribution in [3.63, 3.8) is 0 Å². The van der Waals surface area contributed by atoms with E-state index in [2.05, 4.69) is 0 Å². The minimum absolute atomic E-state index is 0. The summed E-state index contributed by atoms with van der Waals surface area (Å²) in [5.41, 5.74) is 1.86. The van der Waals surface area contributed by atoms with E-state index in [1.165, 1.54) is 0 Å². The minimum Gasteiger partial charge on any atom is -0.497 e. The monoisotopic (exact) mass is 438 g/mol. The standard InChI is InChI=1S/C21H26N2O4S.ClH/c1-15(24)23-18-8-5-6-9-20(18)28-21(23)17-14-16(25-3)10-11-19(17)27-13-7-12-22(2)26-4;/h5-6,8-11,14,21H,7,12-13H2,1-4H3;1H. The lowest BCUT2D eigenvalue weighted by Gasteiger charge is -2.25. The molecule has 0 aromatic heterocycles. The van der Waals surface area contributed by atoms with E-state index < -0.39 is 0 Å². The highest BCUT2D eigenvalue weighted by Crippen LogP contribution is 2.53. The lowest BCUT2D eigenvalue weighted by molar-refractivity contribution is -0.116. The second-order valence-corrected chi connectivity index (χ2v) is 7.59. The normalized spacial score (nSPS) is 15.1. The molecular formula is C21H27ClN2O4S. The average Bonchev–Trinajstić information content (AvgIpc) is 3.10. The number of halogens is 1. The molecule has 1 unspecified atom stereocenters. The molecule has 6 nitrogen and oxygen atoms in total. The number of hydrogen-bond acceptors (Lipinski definition) is 6. The Hall–Kier alpha value is -1.93. The third-order valence-corrected chi connectivity index (χ3v) is 5.89. The van der Waals surface area contributed by atoms with Crippen LogP contribution in [-0.2, 0) is 9.63 Å². The Bertz CT molecular complexity index is 836. The van der Waals surface area contributed by atoms with E-state index in [1.807, 2.05) is 54.4 Å². The van der Waals surface area contributed by atoms with Gasteiger partial charge in [-0.3, -0.25) is 9.69 Å². The molecule has 0 fully saturated rings. The number of hydrogen-bond donors (Lipinski definition) is 0.